The van der Waals surface area contributed by atoms with Gasteiger partial charge < -0.3 is 20.2 Å². The minimum absolute atomic E-state index is 0.0976. The number of aromatic amines is 1. The normalized spacial score (nSPS) is 14.1. The predicted molar refractivity (Wildman–Crippen MR) is 105 cm³/mol. The fraction of sp³-hybridized carbons (Fsp3) is 0.450. The molecule has 0 saturated carbocycles. The molecule has 1 aromatic carbocycles. The number of fused-ring (bicyclic) bond motifs is 2. The van der Waals surface area contributed by atoms with Gasteiger partial charge in [-0.15, -0.1) is 0 Å². The molecule has 3 N–H and O–H groups in total. The summed E-state index contributed by atoms with van der Waals surface area (Å²) in [5, 5.41) is 6.31. The van der Waals surface area contributed by atoms with Crippen LogP contribution in [-0.4, -0.2) is 45.1 Å². The molecular weight excluding hydrogens is 340 g/mol. The Hall–Kier alpha value is -2.67. The van der Waals surface area contributed by atoms with Crippen molar-refractivity contribution in [1.82, 2.24) is 30.2 Å². The molecule has 0 saturated heterocycles. The molecule has 142 valence electrons. The quantitative estimate of drug-likeness (QED) is 0.602. The van der Waals surface area contributed by atoms with Crippen molar-refractivity contribution in [3.05, 3.63) is 46.8 Å². The molecule has 0 bridgehead atoms. The van der Waals surface area contributed by atoms with E-state index in [4.69, 9.17) is 4.98 Å². The molecule has 0 aliphatic carbocycles. The van der Waals surface area contributed by atoms with Crippen molar-refractivity contribution in [2.45, 2.75) is 39.7 Å². The van der Waals surface area contributed by atoms with E-state index in [2.05, 4.69) is 51.1 Å². The molecule has 1 aliphatic heterocycles. The minimum atomic E-state index is -0.0976. The summed E-state index contributed by atoms with van der Waals surface area (Å²) < 4.78 is 2.08. The van der Waals surface area contributed by atoms with Gasteiger partial charge >= 0.3 is 0 Å². The first-order valence-electron chi connectivity index (χ1n) is 9.61. The summed E-state index contributed by atoms with van der Waals surface area (Å²) >= 11 is 0. The molecule has 1 aliphatic rings. The second kappa shape index (κ2) is 7.52. The lowest BCUT2D eigenvalue weighted by Crippen LogP contribution is -2.25. The van der Waals surface area contributed by atoms with Gasteiger partial charge in [0.25, 0.3) is 5.91 Å². The van der Waals surface area contributed by atoms with Gasteiger partial charge in [-0.2, -0.15) is 0 Å². The lowest BCUT2D eigenvalue weighted by atomic mass is 10.1. The molecule has 27 heavy (non-hydrogen) atoms. The van der Waals surface area contributed by atoms with Crippen molar-refractivity contribution in [2.75, 3.05) is 19.6 Å². The highest BCUT2D eigenvalue weighted by Crippen LogP contribution is 2.19. The number of hydrogen-bond donors (Lipinski definition) is 3. The molecule has 0 radical (unpaired) electrons. The molecular formula is C20H26N6O. The SMILES string of the molecule is Cc1ccc2[nH]c(CCCNC(=O)c3cn4c(n3)CCNCC4)nc2c1C. The minimum Gasteiger partial charge on any atom is -0.351 e. The monoisotopic (exact) mass is 366 g/mol. The van der Waals surface area contributed by atoms with Crippen molar-refractivity contribution in [3.63, 3.8) is 0 Å². The van der Waals surface area contributed by atoms with Crippen LogP contribution in [0.5, 0.6) is 0 Å². The zero-order valence-corrected chi connectivity index (χ0v) is 15.9. The van der Waals surface area contributed by atoms with Gasteiger partial charge in [-0.25, -0.2) is 9.97 Å². The average molecular weight is 366 g/mol. The molecule has 0 spiro atoms. The Bertz CT molecular complexity index is 947. The summed E-state index contributed by atoms with van der Waals surface area (Å²) in [5.74, 6) is 1.85. The van der Waals surface area contributed by atoms with Gasteiger partial charge in [0.15, 0.2) is 0 Å². The standard InChI is InChI=1S/C20H26N6O/c1-13-5-6-15-19(14(13)2)25-17(23-15)4-3-8-22-20(27)16-12-26-11-10-21-9-7-18(26)24-16/h5-6,12,21H,3-4,7-11H2,1-2H3,(H,22,27)(H,23,25). The Morgan fingerprint density at radius 2 is 2.15 bits per heavy atom. The van der Waals surface area contributed by atoms with Crippen molar-refractivity contribution >= 4 is 16.9 Å². The number of H-pyrrole nitrogens is 1. The van der Waals surface area contributed by atoms with Gasteiger partial charge in [0.2, 0.25) is 0 Å². The lowest BCUT2D eigenvalue weighted by molar-refractivity contribution is 0.0948. The molecule has 2 aromatic heterocycles. The van der Waals surface area contributed by atoms with E-state index in [9.17, 15) is 4.79 Å². The molecule has 4 rings (SSSR count). The molecule has 3 aromatic rings. The second-order valence-electron chi connectivity index (χ2n) is 7.18. The third kappa shape index (κ3) is 3.73. The summed E-state index contributed by atoms with van der Waals surface area (Å²) in [6, 6.07) is 4.19. The van der Waals surface area contributed by atoms with Crippen LogP contribution in [0.15, 0.2) is 18.3 Å². The van der Waals surface area contributed by atoms with E-state index in [1.165, 1.54) is 11.1 Å². The molecule has 0 fully saturated rings. The van der Waals surface area contributed by atoms with Gasteiger partial charge in [-0.05, 0) is 37.5 Å². The number of nitrogens with zero attached hydrogens (tertiary/aromatic N) is 3. The number of aromatic nitrogens is 4. The number of nitrogens with one attached hydrogen (secondary N) is 3. The van der Waals surface area contributed by atoms with Crippen LogP contribution >= 0.6 is 0 Å². The van der Waals surface area contributed by atoms with E-state index in [0.29, 0.717) is 12.2 Å². The Morgan fingerprint density at radius 3 is 3.04 bits per heavy atom. The molecule has 0 atom stereocenters. The third-order valence-corrected chi connectivity index (χ3v) is 5.25. The summed E-state index contributed by atoms with van der Waals surface area (Å²) in [6.07, 6.45) is 4.36. The first-order valence-corrected chi connectivity index (χ1v) is 9.61. The largest absolute Gasteiger partial charge is 0.351 e. The fourth-order valence-electron chi connectivity index (χ4n) is 3.51. The van der Waals surface area contributed by atoms with E-state index in [1.54, 1.807) is 0 Å². The summed E-state index contributed by atoms with van der Waals surface area (Å²) in [5.41, 5.74) is 5.11. The van der Waals surface area contributed by atoms with E-state index in [0.717, 1.165) is 61.6 Å². The number of aryl methyl sites for hydroxylation is 3. The number of imidazole rings is 2. The maximum Gasteiger partial charge on any atom is 0.271 e. The summed E-state index contributed by atoms with van der Waals surface area (Å²) in [7, 11) is 0. The van der Waals surface area contributed by atoms with Gasteiger partial charge in [0.1, 0.15) is 17.3 Å². The van der Waals surface area contributed by atoms with Gasteiger partial charge in [-0.3, -0.25) is 4.79 Å². The van der Waals surface area contributed by atoms with Crippen LogP contribution in [0.2, 0.25) is 0 Å². The maximum atomic E-state index is 12.4. The van der Waals surface area contributed by atoms with Crippen molar-refractivity contribution in [2.24, 2.45) is 0 Å². The number of hydrogen-bond acceptors (Lipinski definition) is 4. The first-order chi connectivity index (χ1) is 13.1. The van der Waals surface area contributed by atoms with Crippen LogP contribution in [-0.2, 0) is 19.4 Å². The number of amides is 1. The molecule has 7 heteroatoms. The van der Waals surface area contributed by atoms with Gasteiger partial charge in [0.05, 0.1) is 11.0 Å². The van der Waals surface area contributed by atoms with E-state index >= 15 is 0 Å². The number of benzene rings is 1. The third-order valence-electron chi connectivity index (χ3n) is 5.25. The van der Waals surface area contributed by atoms with Crippen LogP contribution in [0.25, 0.3) is 11.0 Å². The number of rotatable bonds is 5. The predicted octanol–water partition coefficient (Wildman–Crippen LogP) is 1.88. The zero-order valence-electron chi connectivity index (χ0n) is 15.9. The first kappa shape index (κ1) is 17.7. The summed E-state index contributed by atoms with van der Waals surface area (Å²) in [4.78, 5) is 24.9. The topological polar surface area (TPSA) is 87.6 Å². The Morgan fingerprint density at radius 1 is 1.26 bits per heavy atom. The molecule has 0 unspecified atom stereocenters. The van der Waals surface area contributed by atoms with Gasteiger partial charge in [0, 0.05) is 45.2 Å². The van der Waals surface area contributed by atoms with E-state index < -0.39 is 0 Å². The van der Waals surface area contributed by atoms with Crippen LogP contribution in [0.3, 0.4) is 0 Å². The average Bonchev–Trinajstić information content (AvgIpc) is 3.20. The molecule has 1 amide bonds. The fourth-order valence-corrected chi connectivity index (χ4v) is 3.51. The van der Waals surface area contributed by atoms with Crippen LogP contribution in [0.4, 0.5) is 0 Å². The molecule has 7 nitrogen and oxygen atoms in total. The van der Waals surface area contributed by atoms with Crippen LogP contribution in [0, 0.1) is 13.8 Å². The highest BCUT2D eigenvalue weighted by molar-refractivity contribution is 5.92. The van der Waals surface area contributed by atoms with Crippen LogP contribution < -0.4 is 10.6 Å². The highest BCUT2D eigenvalue weighted by atomic mass is 16.1. The van der Waals surface area contributed by atoms with Crippen LogP contribution in [0.1, 0.15) is 39.7 Å². The zero-order chi connectivity index (χ0) is 18.8. The highest BCUT2D eigenvalue weighted by Gasteiger charge is 2.15. The van der Waals surface area contributed by atoms with Crippen molar-refractivity contribution < 1.29 is 4.79 Å². The van der Waals surface area contributed by atoms with Crippen molar-refractivity contribution in [3.8, 4) is 0 Å². The number of carbonyl (C=O) groups is 1. The smallest absolute Gasteiger partial charge is 0.271 e. The Balaban J connectivity index is 1.31. The number of carbonyl (C=O) groups excluding carboxylic acids is 1. The maximum absolute atomic E-state index is 12.4. The summed E-state index contributed by atoms with van der Waals surface area (Å²) in [6.45, 7) is 7.50. The Labute approximate surface area is 158 Å². The Kier molecular flexibility index (Phi) is 4.94. The van der Waals surface area contributed by atoms with Gasteiger partial charge in [-0.1, -0.05) is 6.07 Å². The van der Waals surface area contributed by atoms with E-state index in [-0.39, 0.29) is 5.91 Å². The second-order valence-corrected chi connectivity index (χ2v) is 7.18. The lowest BCUT2D eigenvalue weighted by Gasteiger charge is -2.02. The molecule has 3 heterocycles. The van der Waals surface area contributed by atoms with Crippen molar-refractivity contribution in [1.29, 1.82) is 0 Å². The van der Waals surface area contributed by atoms with E-state index in [1.807, 2.05) is 6.20 Å².